The highest BCUT2D eigenvalue weighted by Crippen LogP contribution is 2.33. The first-order valence-electron chi connectivity index (χ1n) is 11.1. The molecule has 6 nitrogen and oxygen atoms in total. The molecule has 0 saturated carbocycles. The summed E-state index contributed by atoms with van der Waals surface area (Å²) in [5, 5.41) is 6.95. The monoisotopic (exact) mass is 563 g/mol. The van der Waals surface area contributed by atoms with Gasteiger partial charge in [0.1, 0.15) is 5.75 Å². The molecule has 2 heterocycles. The van der Waals surface area contributed by atoms with Crippen LogP contribution in [0.2, 0.25) is 0 Å². The van der Waals surface area contributed by atoms with Gasteiger partial charge in [0.15, 0.2) is 5.96 Å². The normalized spacial score (nSPS) is 20.7. The van der Waals surface area contributed by atoms with Crippen molar-refractivity contribution in [2.45, 2.75) is 44.4 Å². The first kappa shape index (κ1) is 26.5. The predicted molar refractivity (Wildman–Crippen MR) is 140 cm³/mol. The van der Waals surface area contributed by atoms with Gasteiger partial charge in [0, 0.05) is 49.1 Å². The van der Waals surface area contributed by atoms with E-state index in [0.29, 0.717) is 19.1 Å². The number of guanidine groups is 1. The van der Waals surface area contributed by atoms with Crippen LogP contribution in [0.5, 0.6) is 5.75 Å². The van der Waals surface area contributed by atoms with Crippen molar-refractivity contribution in [2.24, 2.45) is 10.9 Å². The van der Waals surface area contributed by atoms with E-state index in [4.69, 9.17) is 19.2 Å². The molecule has 2 fully saturated rings. The van der Waals surface area contributed by atoms with Crippen LogP contribution in [0.4, 0.5) is 0 Å². The van der Waals surface area contributed by atoms with Crippen molar-refractivity contribution in [2.75, 3.05) is 52.4 Å². The van der Waals surface area contributed by atoms with E-state index in [0.717, 1.165) is 76.1 Å². The van der Waals surface area contributed by atoms with Crippen LogP contribution in [-0.4, -0.2) is 63.1 Å². The van der Waals surface area contributed by atoms with Gasteiger partial charge in [0.05, 0.1) is 19.8 Å². The fourth-order valence-corrected chi connectivity index (χ4v) is 4.59. The SMILES string of the molecule is CCNC(=NCc1ccc(C)cc1OCC1CCOC1)NCC1(SC)CCOCC1.I. The number of halogens is 1. The van der Waals surface area contributed by atoms with Gasteiger partial charge in [-0.1, -0.05) is 12.1 Å². The summed E-state index contributed by atoms with van der Waals surface area (Å²) in [4.78, 5) is 4.85. The zero-order valence-corrected chi connectivity index (χ0v) is 22.2. The largest absolute Gasteiger partial charge is 0.493 e. The number of benzene rings is 1. The second-order valence-electron chi connectivity index (χ2n) is 8.20. The van der Waals surface area contributed by atoms with Gasteiger partial charge < -0.3 is 24.8 Å². The lowest BCUT2D eigenvalue weighted by Crippen LogP contribution is -2.47. The van der Waals surface area contributed by atoms with E-state index in [1.54, 1.807) is 0 Å². The fraction of sp³-hybridized carbons (Fsp3) is 0.696. The van der Waals surface area contributed by atoms with Gasteiger partial charge in [-0.05, 0) is 51.0 Å². The number of nitrogens with zero attached hydrogens (tertiary/aromatic N) is 1. The zero-order valence-electron chi connectivity index (χ0n) is 19.1. The summed E-state index contributed by atoms with van der Waals surface area (Å²) in [6, 6.07) is 6.37. The molecule has 0 spiro atoms. The van der Waals surface area contributed by atoms with E-state index in [9.17, 15) is 0 Å². The van der Waals surface area contributed by atoms with Crippen LogP contribution in [0.3, 0.4) is 0 Å². The summed E-state index contributed by atoms with van der Waals surface area (Å²) in [6.07, 6.45) is 5.42. The van der Waals surface area contributed by atoms with E-state index in [1.807, 2.05) is 11.8 Å². The van der Waals surface area contributed by atoms with Crippen molar-refractivity contribution in [3.63, 3.8) is 0 Å². The van der Waals surface area contributed by atoms with Gasteiger partial charge in [-0.25, -0.2) is 4.99 Å². The third-order valence-electron chi connectivity index (χ3n) is 5.89. The number of aryl methyl sites for hydroxylation is 1. The second kappa shape index (κ2) is 13.7. The number of nitrogens with one attached hydrogen (secondary N) is 2. The molecule has 0 aromatic heterocycles. The third-order valence-corrected chi connectivity index (χ3v) is 7.31. The second-order valence-corrected chi connectivity index (χ2v) is 9.47. The Morgan fingerprint density at radius 2 is 2.03 bits per heavy atom. The lowest BCUT2D eigenvalue weighted by molar-refractivity contribution is 0.0783. The number of rotatable bonds is 9. The van der Waals surface area contributed by atoms with Gasteiger partial charge in [0.25, 0.3) is 0 Å². The van der Waals surface area contributed by atoms with Crippen LogP contribution in [0.1, 0.15) is 37.3 Å². The van der Waals surface area contributed by atoms with Crippen LogP contribution < -0.4 is 15.4 Å². The Morgan fingerprint density at radius 1 is 1.23 bits per heavy atom. The molecular formula is C23H38IN3O3S. The summed E-state index contributed by atoms with van der Waals surface area (Å²) in [7, 11) is 0. The van der Waals surface area contributed by atoms with Crippen molar-refractivity contribution in [3.05, 3.63) is 29.3 Å². The third kappa shape index (κ3) is 8.29. The van der Waals surface area contributed by atoms with Crippen molar-refractivity contribution in [1.82, 2.24) is 10.6 Å². The van der Waals surface area contributed by atoms with Crippen LogP contribution in [-0.2, 0) is 16.0 Å². The van der Waals surface area contributed by atoms with Crippen LogP contribution >= 0.6 is 35.7 Å². The van der Waals surface area contributed by atoms with E-state index < -0.39 is 0 Å². The maximum atomic E-state index is 6.18. The molecule has 3 rings (SSSR count). The quantitative estimate of drug-likeness (QED) is 0.269. The summed E-state index contributed by atoms with van der Waals surface area (Å²) >= 11 is 1.93. The van der Waals surface area contributed by atoms with E-state index in [2.05, 4.69) is 48.9 Å². The summed E-state index contributed by atoms with van der Waals surface area (Å²) in [6.45, 7) is 10.5. The Labute approximate surface area is 208 Å². The molecule has 0 bridgehead atoms. The Hall–Kier alpha value is -0.710. The Morgan fingerprint density at radius 3 is 2.71 bits per heavy atom. The minimum Gasteiger partial charge on any atom is -0.493 e. The van der Waals surface area contributed by atoms with Gasteiger partial charge in [-0.3, -0.25) is 0 Å². The van der Waals surface area contributed by atoms with E-state index in [1.165, 1.54) is 5.56 Å². The molecule has 1 aromatic rings. The fourth-order valence-electron chi connectivity index (χ4n) is 3.80. The lowest BCUT2D eigenvalue weighted by Gasteiger charge is -2.36. The van der Waals surface area contributed by atoms with Crippen LogP contribution in [0.25, 0.3) is 0 Å². The van der Waals surface area contributed by atoms with Crippen molar-refractivity contribution in [1.29, 1.82) is 0 Å². The molecule has 2 aliphatic rings. The van der Waals surface area contributed by atoms with Crippen molar-refractivity contribution < 1.29 is 14.2 Å². The number of thioether (sulfide) groups is 1. The molecule has 2 N–H and O–H groups in total. The minimum absolute atomic E-state index is 0. The van der Waals surface area contributed by atoms with Gasteiger partial charge in [0.2, 0.25) is 0 Å². The Bertz CT molecular complexity index is 693. The summed E-state index contributed by atoms with van der Waals surface area (Å²) in [5.41, 5.74) is 2.31. The molecule has 1 aromatic carbocycles. The smallest absolute Gasteiger partial charge is 0.191 e. The molecule has 176 valence electrons. The predicted octanol–water partition coefficient (Wildman–Crippen LogP) is 4.00. The van der Waals surface area contributed by atoms with Crippen LogP contribution in [0, 0.1) is 12.8 Å². The van der Waals surface area contributed by atoms with Crippen molar-refractivity contribution >= 4 is 41.7 Å². The lowest BCUT2D eigenvalue weighted by atomic mass is 9.99. The molecule has 8 heteroatoms. The molecular weight excluding hydrogens is 525 g/mol. The molecule has 0 radical (unpaired) electrons. The highest BCUT2D eigenvalue weighted by molar-refractivity contribution is 14.0. The highest BCUT2D eigenvalue weighted by Gasteiger charge is 2.31. The number of ether oxygens (including phenoxy) is 3. The van der Waals surface area contributed by atoms with E-state index in [-0.39, 0.29) is 28.7 Å². The van der Waals surface area contributed by atoms with Crippen molar-refractivity contribution in [3.8, 4) is 5.75 Å². The Kier molecular flexibility index (Phi) is 11.8. The number of hydrogen-bond acceptors (Lipinski definition) is 5. The molecule has 1 unspecified atom stereocenters. The molecule has 1 atom stereocenters. The summed E-state index contributed by atoms with van der Waals surface area (Å²) in [5.74, 6) is 2.28. The highest BCUT2D eigenvalue weighted by atomic mass is 127. The molecule has 31 heavy (non-hydrogen) atoms. The topological polar surface area (TPSA) is 64.1 Å². The Balaban J connectivity index is 0.00000341. The van der Waals surface area contributed by atoms with E-state index >= 15 is 0 Å². The number of hydrogen-bond donors (Lipinski definition) is 2. The number of aliphatic imine (C=N–C) groups is 1. The average molecular weight is 564 g/mol. The minimum atomic E-state index is 0. The first-order valence-corrected chi connectivity index (χ1v) is 12.3. The van der Waals surface area contributed by atoms with Gasteiger partial charge in [-0.15, -0.1) is 24.0 Å². The maximum Gasteiger partial charge on any atom is 0.191 e. The standard InChI is InChI=1S/C23H37N3O3S.HI/c1-4-24-22(26-17-23(30-3)8-11-27-12-9-23)25-14-20-6-5-18(2)13-21(20)29-16-19-7-10-28-15-19;/h5-6,13,19H,4,7-12,14-17H2,1-3H3,(H2,24,25,26);1H. The van der Waals surface area contributed by atoms with Crippen LogP contribution in [0.15, 0.2) is 23.2 Å². The molecule has 2 aliphatic heterocycles. The average Bonchev–Trinajstić information content (AvgIpc) is 3.29. The molecule has 2 saturated heterocycles. The molecule has 0 aliphatic carbocycles. The van der Waals surface area contributed by atoms with Gasteiger partial charge in [-0.2, -0.15) is 11.8 Å². The zero-order chi connectivity index (χ0) is 21.2. The van der Waals surface area contributed by atoms with Gasteiger partial charge >= 0.3 is 0 Å². The summed E-state index contributed by atoms with van der Waals surface area (Å²) < 4.78 is 17.4. The molecule has 0 amide bonds. The first-order chi connectivity index (χ1) is 14.6. The maximum absolute atomic E-state index is 6.18.